The number of carbonyl (C=O) groups is 1. The van der Waals surface area contributed by atoms with Gasteiger partial charge in [0.15, 0.2) is 0 Å². The third kappa shape index (κ3) is 4.27. The maximum Gasteiger partial charge on any atom is 0.251 e. The Balaban J connectivity index is 2.06. The molecule has 0 aliphatic heterocycles. The average molecular weight is 284 g/mol. The fraction of sp³-hybridized carbons (Fsp3) is 0.312. The molecule has 2 rings (SSSR count). The first kappa shape index (κ1) is 15.0. The number of hydrogen-bond donors (Lipinski definition) is 2. The molecule has 2 aromatic heterocycles. The topological polar surface area (TPSA) is 66.9 Å². The van der Waals surface area contributed by atoms with Gasteiger partial charge in [-0.3, -0.25) is 9.78 Å². The Bertz CT molecular complexity index is 640. The standard InChI is InChI=1S/C16H20N4O/c1-4-17-15-9-13(8-12(3)20-15)16(21)18-10-14-7-5-6-11(2)19-14/h5-9H,4,10H2,1-3H3,(H,17,20)(H,18,21). The van der Waals surface area contributed by atoms with Crippen molar-refractivity contribution >= 4 is 11.7 Å². The molecule has 5 heteroatoms. The van der Waals surface area contributed by atoms with Crippen LogP contribution in [0, 0.1) is 13.8 Å². The van der Waals surface area contributed by atoms with Gasteiger partial charge in [-0.2, -0.15) is 0 Å². The van der Waals surface area contributed by atoms with Gasteiger partial charge in [-0.15, -0.1) is 0 Å². The monoisotopic (exact) mass is 284 g/mol. The zero-order valence-electron chi connectivity index (χ0n) is 12.6. The number of pyridine rings is 2. The summed E-state index contributed by atoms with van der Waals surface area (Å²) in [7, 11) is 0. The highest BCUT2D eigenvalue weighted by atomic mass is 16.1. The fourth-order valence-corrected chi connectivity index (χ4v) is 2.04. The van der Waals surface area contributed by atoms with E-state index >= 15 is 0 Å². The van der Waals surface area contributed by atoms with Crippen molar-refractivity contribution in [2.24, 2.45) is 0 Å². The molecule has 5 nitrogen and oxygen atoms in total. The molecule has 0 unspecified atom stereocenters. The maximum atomic E-state index is 12.2. The number of nitrogens with one attached hydrogen (secondary N) is 2. The molecule has 0 saturated carbocycles. The number of rotatable bonds is 5. The van der Waals surface area contributed by atoms with Crippen molar-refractivity contribution in [2.45, 2.75) is 27.3 Å². The van der Waals surface area contributed by atoms with Gasteiger partial charge >= 0.3 is 0 Å². The molecule has 0 atom stereocenters. The van der Waals surface area contributed by atoms with Crippen LogP contribution in [-0.2, 0) is 6.54 Å². The fourth-order valence-electron chi connectivity index (χ4n) is 2.04. The van der Waals surface area contributed by atoms with Crippen LogP contribution in [-0.4, -0.2) is 22.4 Å². The third-order valence-corrected chi connectivity index (χ3v) is 2.95. The molecular formula is C16H20N4O. The van der Waals surface area contributed by atoms with Crippen molar-refractivity contribution in [1.82, 2.24) is 15.3 Å². The molecule has 1 amide bonds. The van der Waals surface area contributed by atoms with E-state index in [2.05, 4.69) is 20.6 Å². The molecule has 0 aliphatic rings. The second kappa shape index (κ2) is 6.83. The summed E-state index contributed by atoms with van der Waals surface area (Å²) in [5.41, 5.74) is 3.20. The number of nitrogens with zero attached hydrogens (tertiary/aromatic N) is 2. The van der Waals surface area contributed by atoms with Crippen molar-refractivity contribution < 1.29 is 4.79 Å². The van der Waals surface area contributed by atoms with Crippen molar-refractivity contribution in [1.29, 1.82) is 0 Å². The third-order valence-electron chi connectivity index (χ3n) is 2.95. The molecule has 2 aromatic rings. The smallest absolute Gasteiger partial charge is 0.251 e. The molecule has 21 heavy (non-hydrogen) atoms. The molecule has 0 aromatic carbocycles. The number of amides is 1. The van der Waals surface area contributed by atoms with E-state index in [4.69, 9.17) is 0 Å². The summed E-state index contributed by atoms with van der Waals surface area (Å²) in [5.74, 6) is 0.597. The second-order valence-corrected chi connectivity index (χ2v) is 4.87. The molecule has 0 radical (unpaired) electrons. The van der Waals surface area contributed by atoms with E-state index in [1.807, 2.05) is 39.0 Å². The predicted molar refractivity (Wildman–Crippen MR) is 83.3 cm³/mol. The summed E-state index contributed by atoms with van der Waals surface area (Å²) in [4.78, 5) is 20.9. The highest BCUT2D eigenvalue weighted by Gasteiger charge is 2.08. The summed E-state index contributed by atoms with van der Waals surface area (Å²) in [5, 5.41) is 6.00. The van der Waals surface area contributed by atoms with Gasteiger partial charge < -0.3 is 10.6 Å². The lowest BCUT2D eigenvalue weighted by molar-refractivity contribution is 0.0950. The molecule has 0 bridgehead atoms. The second-order valence-electron chi connectivity index (χ2n) is 4.87. The van der Waals surface area contributed by atoms with Crippen LogP contribution in [0.4, 0.5) is 5.82 Å². The van der Waals surface area contributed by atoms with Crippen LogP contribution in [0.15, 0.2) is 30.3 Å². The minimum Gasteiger partial charge on any atom is -0.370 e. The van der Waals surface area contributed by atoms with Gasteiger partial charge in [-0.05, 0) is 45.0 Å². The highest BCUT2D eigenvalue weighted by molar-refractivity contribution is 5.94. The molecule has 0 saturated heterocycles. The van der Waals surface area contributed by atoms with Crippen LogP contribution in [0.3, 0.4) is 0 Å². The Kier molecular flexibility index (Phi) is 4.87. The Labute approximate surface area is 124 Å². The number of aryl methyl sites for hydroxylation is 2. The van der Waals surface area contributed by atoms with Crippen molar-refractivity contribution in [3.63, 3.8) is 0 Å². The lowest BCUT2D eigenvalue weighted by atomic mass is 10.2. The first-order valence-corrected chi connectivity index (χ1v) is 7.02. The summed E-state index contributed by atoms with van der Waals surface area (Å²) in [6.07, 6.45) is 0. The molecular weight excluding hydrogens is 264 g/mol. The zero-order chi connectivity index (χ0) is 15.2. The summed E-state index contributed by atoms with van der Waals surface area (Å²) in [6, 6.07) is 9.30. The van der Waals surface area contributed by atoms with Gasteiger partial charge in [0, 0.05) is 23.5 Å². The lowest BCUT2D eigenvalue weighted by Crippen LogP contribution is -2.23. The minimum atomic E-state index is -0.122. The lowest BCUT2D eigenvalue weighted by Gasteiger charge is -2.09. The van der Waals surface area contributed by atoms with Crippen molar-refractivity contribution in [3.05, 3.63) is 53.0 Å². The highest BCUT2D eigenvalue weighted by Crippen LogP contribution is 2.10. The predicted octanol–water partition coefficient (Wildman–Crippen LogP) is 2.46. The van der Waals surface area contributed by atoms with Crippen LogP contribution < -0.4 is 10.6 Å². The number of anilines is 1. The summed E-state index contributed by atoms with van der Waals surface area (Å²) in [6.45, 7) is 6.98. The van der Waals surface area contributed by atoms with Gasteiger partial charge in [-0.1, -0.05) is 6.07 Å². The van der Waals surface area contributed by atoms with E-state index in [0.717, 1.165) is 29.4 Å². The first-order valence-electron chi connectivity index (χ1n) is 7.02. The van der Waals surface area contributed by atoms with E-state index in [1.54, 1.807) is 12.1 Å². The molecule has 0 aliphatic carbocycles. The quantitative estimate of drug-likeness (QED) is 0.885. The van der Waals surface area contributed by atoms with Gasteiger partial charge in [0.05, 0.1) is 12.2 Å². The molecule has 2 heterocycles. The van der Waals surface area contributed by atoms with Gasteiger partial charge in [0.1, 0.15) is 5.82 Å². The summed E-state index contributed by atoms with van der Waals surface area (Å²) < 4.78 is 0. The van der Waals surface area contributed by atoms with E-state index in [1.165, 1.54) is 0 Å². The number of aromatic nitrogens is 2. The van der Waals surface area contributed by atoms with Crippen LogP contribution in [0.25, 0.3) is 0 Å². The Morgan fingerprint density at radius 2 is 1.95 bits per heavy atom. The van der Waals surface area contributed by atoms with Crippen LogP contribution >= 0.6 is 0 Å². The van der Waals surface area contributed by atoms with Gasteiger partial charge in [0.2, 0.25) is 0 Å². The van der Waals surface area contributed by atoms with E-state index in [9.17, 15) is 4.79 Å². The normalized spacial score (nSPS) is 10.2. The molecule has 0 spiro atoms. The molecule has 0 fully saturated rings. The molecule has 2 N–H and O–H groups in total. The van der Waals surface area contributed by atoms with E-state index in [0.29, 0.717) is 12.1 Å². The van der Waals surface area contributed by atoms with Crippen molar-refractivity contribution in [2.75, 3.05) is 11.9 Å². The van der Waals surface area contributed by atoms with E-state index < -0.39 is 0 Å². The maximum absolute atomic E-state index is 12.2. The van der Waals surface area contributed by atoms with Gasteiger partial charge in [0.25, 0.3) is 5.91 Å². The van der Waals surface area contributed by atoms with Crippen LogP contribution in [0.1, 0.15) is 34.4 Å². The van der Waals surface area contributed by atoms with E-state index in [-0.39, 0.29) is 5.91 Å². The largest absolute Gasteiger partial charge is 0.370 e. The number of hydrogen-bond acceptors (Lipinski definition) is 4. The Morgan fingerprint density at radius 3 is 2.67 bits per heavy atom. The van der Waals surface area contributed by atoms with Crippen LogP contribution in [0.2, 0.25) is 0 Å². The Morgan fingerprint density at radius 1 is 1.14 bits per heavy atom. The SMILES string of the molecule is CCNc1cc(C(=O)NCc2cccc(C)n2)cc(C)n1. The minimum absolute atomic E-state index is 0.122. The number of carbonyl (C=O) groups excluding carboxylic acids is 1. The van der Waals surface area contributed by atoms with Crippen molar-refractivity contribution in [3.8, 4) is 0 Å². The summed E-state index contributed by atoms with van der Waals surface area (Å²) >= 11 is 0. The molecule has 110 valence electrons. The van der Waals surface area contributed by atoms with Gasteiger partial charge in [-0.25, -0.2) is 4.98 Å². The average Bonchev–Trinajstić information content (AvgIpc) is 2.44. The van der Waals surface area contributed by atoms with Crippen LogP contribution in [0.5, 0.6) is 0 Å². The Hall–Kier alpha value is -2.43. The zero-order valence-corrected chi connectivity index (χ0v) is 12.6. The first-order chi connectivity index (χ1) is 10.1.